The third-order valence-electron chi connectivity index (χ3n) is 6.39. The van der Waals surface area contributed by atoms with E-state index in [4.69, 9.17) is 9.47 Å². The van der Waals surface area contributed by atoms with Crippen molar-refractivity contribution in [1.82, 2.24) is 19.7 Å². The maximum Gasteiger partial charge on any atom is 0.162 e. The molecule has 29 heavy (non-hydrogen) atoms. The lowest BCUT2D eigenvalue weighted by Gasteiger charge is -2.35. The molecule has 3 heterocycles. The lowest BCUT2D eigenvalue weighted by molar-refractivity contribution is 0.0306. The van der Waals surface area contributed by atoms with Gasteiger partial charge in [-0.2, -0.15) is 5.10 Å². The van der Waals surface area contributed by atoms with E-state index < -0.39 is 0 Å². The van der Waals surface area contributed by atoms with Gasteiger partial charge in [0, 0.05) is 36.9 Å². The summed E-state index contributed by atoms with van der Waals surface area (Å²) in [6, 6.07) is 5.79. The maximum absolute atomic E-state index is 10.7. The van der Waals surface area contributed by atoms with E-state index in [-0.39, 0.29) is 12.1 Å². The fourth-order valence-corrected chi connectivity index (χ4v) is 4.96. The number of aliphatic hydroxyl groups excluding tert-OH is 1. The van der Waals surface area contributed by atoms with E-state index in [1.54, 1.807) is 26.7 Å². The second kappa shape index (κ2) is 7.18. The zero-order valence-corrected chi connectivity index (χ0v) is 16.6. The van der Waals surface area contributed by atoms with Gasteiger partial charge in [0.2, 0.25) is 0 Å². The van der Waals surface area contributed by atoms with Gasteiger partial charge in [0.1, 0.15) is 12.1 Å². The molecule has 5 rings (SSSR count). The lowest BCUT2D eigenvalue weighted by Crippen LogP contribution is -2.36. The van der Waals surface area contributed by atoms with Crippen molar-refractivity contribution in [1.29, 1.82) is 0 Å². The molecule has 4 atom stereocenters. The van der Waals surface area contributed by atoms with Crippen LogP contribution in [0.15, 0.2) is 36.9 Å². The van der Waals surface area contributed by atoms with Crippen molar-refractivity contribution in [2.24, 2.45) is 11.8 Å². The van der Waals surface area contributed by atoms with Gasteiger partial charge >= 0.3 is 0 Å². The molecule has 2 aromatic heterocycles. The summed E-state index contributed by atoms with van der Waals surface area (Å²) in [5.41, 5.74) is 0.831. The third-order valence-corrected chi connectivity index (χ3v) is 6.39. The highest BCUT2D eigenvalue weighted by molar-refractivity contribution is 5.92. The molecular weight excluding hydrogens is 370 g/mol. The van der Waals surface area contributed by atoms with Crippen LogP contribution in [-0.4, -0.2) is 58.3 Å². The van der Waals surface area contributed by atoms with Crippen LogP contribution in [0.3, 0.4) is 0 Å². The standard InChI is InChI=1S/C21H25N5O3/c1-28-19-8-15-16(9-20(19)29-2)22-12-23-21(15)25-10-13-6-17(26-5-3-4-24-26)18(27)7-14(13)11-25/h3-5,8-9,12-14,17-18,27H,6-7,10-11H2,1-2H3/t13-,14+,17-,18-/m1/s1. The monoisotopic (exact) mass is 395 g/mol. The van der Waals surface area contributed by atoms with Gasteiger partial charge in [-0.25, -0.2) is 9.97 Å². The van der Waals surface area contributed by atoms with Crippen molar-refractivity contribution in [3.63, 3.8) is 0 Å². The average Bonchev–Trinajstić information content (AvgIpc) is 3.41. The Morgan fingerprint density at radius 2 is 1.79 bits per heavy atom. The Labute approximate surface area is 169 Å². The van der Waals surface area contributed by atoms with E-state index in [9.17, 15) is 5.11 Å². The van der Waals surface area contributed by atoms with Gasteiger partial charge in [-0.3, -0.25) is 4.68 Å². The van der Waals surface area contributed by atoms with Gasteiger partial charge in [0.25, 0.3) is 0 Å². The number of methoxy groups -OCH3 is 2. The number of fused-ring (bicyclic) bond motifs is 2. The summed E-state index contributed by atoms with van der Waals surface area (Å²) in [4.78, 5) is 11.3. The van der Waals surface area contributed by atoms with Gasteiger partial charge in [-0.15, -0.1) is 0 Å². The SMILES string of the molecule is COc1cc2ncnc(N3C[C@H]4C[C@@H](n5cccn5)[C@H](O)C[C@H]4C3)c2cc1OC. The predicted molar refractivity (Wildman–Crippen MR) is 108 cm³/mol. The number of aromatic nitrogens is 4. The lowest BCUT2D eigenvalue weighted by atomic mass is 9.77. The van der Waals surface area contributed by atoms with E-state index in [2.05, 4.69) is 20.0 Å². The van der Waals surface area contributed by atoms with Crippen LogP contribution in [0.1, 0.15) is 18.9 Å². The molecule has 0 amide bonds. The highest BCUT2D eigenvalue weighted by Gasteiger charge is 2.43. The summed E-state index contributed by atoms with van der Waals surface area (Å²) < 4.78 is 12.8. The molecule has 0 bridgehead atoms. The van der Waals surface area contributed by atoms with Crippen molar-refractivity contribution in [2.45, 2.75) is 25.0 Å². The molecule has 0 spiro atoms. The number of hydrogen-bond donors (Lipinski definition) is 1. The average molecular weight is 395 g/mol. The molecular formula is C21H25N5O3. The van der Waals surface area contributed by atoms with Crippen LogP contribution in [-0.2, 0) is 0 Å². The first-order chi connectivity index (χ1) is 14.2. The highest BCUT2D eigenvalue weighted by atomic mass is 16.5. The molecule has 3 aromatic rings. The summed E-state index contributed by atoms with van der Waals surface area (Å²) in [5, 5.41) is 16.0. The van der Waals surface area contributed by atoms with Crippen LogP contribution in [0, 0.1) is 11.8 Å². The quantitative estimate of drug-likeness (QED) is 0.725. The van der Waals surface area contributed by atoms with Crippen LogP contribution in [0.4, 0.5) is 5.82 Å². The van der Waals surface area contributed by atoms with Gasteiger partial charge in [0.15, 0.2) is 11.5 Å². The zero-order valence-electron chi connectivity index (χ0n) is 16.6. The molecule has 8 heteroatoms. The summed E-state index contributed by atoms with van der Waals surface area (Å²) in [5.74, 6) is 3.18. The molecule has 0 unspecified atom stereocenters. The van der Waals surface area contributed by atoms with Gasteiger partial charge < -0.3 is 19.5 Å². The number of rotatable bonds is 4. The van der Waals surface area contributed by atoms with Crippen LogP contribution < -0.4 is 14.4 Å². The molecule has 1 N–H and O–H groups in total. The normalized spacial score (nSPS) is 26.5. The maximum atomic E-state index is 10.7. The van der Waals surface area contributed by atoms with E-state index in [0.29, 0.717) is 23.3 Å². The largest absolute Gasteiger partial charge is 0.493 e. The first-order valence-electron chi connectivity index (χ1n) is 9.96. The summed E-state index contributed by atoms with van der Waals surface area (Å²) in [6.07, 6.45) is 6.65. The molecule has 1 aromatic carbocycles. The molecule has 1 aliphatic heterocycles. The minimum atomic E-state index is -0.373. The number of nitrogens with zero attached hydrogens (tertiary/aromatic N) is 5. The highest BCUT2D eigenvalue weighted by Crippen LogP contribution is 2.43. The van der Waals surface area contributed by atoms with Crippen LogP contribution in [0.5, 0.6) is 11.5 Å². The molecule has 1 saturated heterocycles. The third kappa shape index (κ3) is 3.07. The number of anilines is 1. The van der Waals surface area contributed by atoms with Crippen LogP contribution in [0.2, 0.25) is 0 Å². The molecule has 0 radical (unpaired) electrons. The number of hydrogen-bond acceptors (Lipinski definition) is 7. The topological polar surface area (TPSA) is 85.5 Å². The van der Waals surface area contributed by atoms with Crippen molar-refractivity contribution >= 4 is 16.7 Å². The molecule has 1 saturated carbocycles. The van der Waals surface area contributed by atoms with E-state index >= 15 is 0 Å². The second-order valence-corrected chi connectivity index (χ2v) is 7.94. The summed E-state index contributed by atoms with van der Waals surface area (Å²) in [7, 11) is 3.26. The Morgan fingerprint density at radius 3 is 2.52 bits per heavy atom. The fraction of sp³-hybridized carbons (Fsp3) is 0.476. The Balaban J connectivity index is 1.45. The summed E-state index contributed by atoms with van der Waals surface area (Å²) in [6.45, 7) is 1.80. The molecule has 152 valence electrons. The van der Waals surface area contributed by atoms with Crippen LogP contribution in [0.25, 0.3) is 10.9 Å². The van der Waals surface area contributed by atoms with Crippen molar-refractivity contribution in [3.05, 3.63) is 36.9 Å². The Hall–Kier alpha value is -2.87. The Morgan fingerprint density at radius 1 is 1.03 bits per heavy atom. The van der Waals surface area contributed by atoms with E-state index in [0.717, 1.165) is 42.7 Å². The minimum Gasteiger partial charge on any atom is -0.493 e. The first kappa shape index (κ1) is 18.2. The number of benzene rings is 1. The van der Waals surface area contributed by atoms with E-state index in [1.807, 2.05) is 29.1 Å². The smallest absolute Gasteiger partial charge is 0.162 e. The predicted octanol–water partition coefficient (Wildman–Crippen LogP) is 2.29. The zero-order chi connectivity index (χ0) is 20.0. The number of aliphatic hydroxyl groups is 1. The Kier molecular flexibility index (Phi) is 4.50. The van der Waals surface area contributed by atoms with Crippen molar-refractivity contribution in [3.8, 4) is 11.5 Å². The summed E-state index contributed by atoms with van der Waals surface area (Å²) >= 11 is 0. The van der Waals surface area contributed by atoms with Crippen LogP contribution >= 0.6 is 0 Å². The molecule has 2 aliphatic rings. The van der Waals surface area contributed by atoms with Gasteiger partial charge in [-0.1, -0.05) is 0 Å². The van der Waals surface area contributed by atoms with Crippen molar-refractivity contribution < 1.29 is 14.6 Å². The fourth-order valence-electron chi connectivity index (χ4n) is 4.96. The molecule has 2 fully saturated rings. The van der Waals surface area contributed by atoms with Gasteiger partial charge in [-0.05, 0) is 36.8 Å². The van der Waals surface area contributed by atoms with Gasteiger partial charge in [0.05, 0.1) is 31.9 Å². The molecule has 8 nitrogen and oxygen atoms in total. The molecule has 1 aliphatic carbocycles. The second-order valence-electron chi connectivity index (χ2n) is 7.94. The van der Waals surface area contributed by atoms with E-state index in [1.165, 1.54) is 0 Å². The van der Waals surface area contributed by atoms with Crippen molar-refractivity contribution in [2.75, 3.05) is 32.2 Å². The minimum absolute atomic E-state index is 0.0395. The number of ether oxygens (including phenoxy) is 2. The first-order valence-corrected chi connectivity index (χ1v) is 9.96. The Bertz CT molecular complexity index is 1010.